The van der Waals surface area contributed by atoms with E-state index in [9.17, 15) is 19.8 Å². The predicted molar refractivity (Wildman–Crippen MR) is 141 cm³/mol. The second-order valence-electron chi connectivity index (χ2n) is 8.89. The van der Waals surface area contributed by atoms with Gasteiger partial charge in [0.1, 0.15) is 11.5 Å². The largest absolute Gasteiger partial charge is 0.507 e. The number of hydrogen-bond donors (Lipinski definition) is 2. The van der Waals surface area contributed by atoms with Gasteiger partial charge in [0.15, 0.2) is 11.5 Å². The third kappa shape index (κ3) is 5.61. The Morgan fingerprint density at radius 3 is 2.51 bits per heavy atom. The highest BCUT2D eigenvalue weighted by atomic mass is 16.5. The molecule has 1 amide bonds. The van der Waals surface area contributed by atoms with Crippen LogP contribution in [-0.4, -0.2) is 47.1 Å². The van der Waals surface area contributed by atoms with E-state index in [1.165, 1.54) is 18.1 Å². The lowest BCUT2D eigenvalue weighted by Gasteiger charge is -2.26. The number of likely N-dealkylation sites (tertiary alicyclic amines) is 1. The summed E-state index contributed by atoms with van der Waals surface area (Å²) in [7, 11) is 1.43. The van der Waals surface area contributed by atoms with E-state index in [2.05, 4.69) is 6.92 Å². The average Bonchev–Trinajstić information content (AvgIpc) is 3.17. The van der Waals surface area contributed by atoms with Gasteiger partial charge in [-0.2, -0.15) is 0 Å². The summed E-state index contributed by atoms with van der Waals surface area (Å²) < 4.78 is 11.0. The fourth-order valence-corrected chi connectivity index (χ4v) is 4.44. The number of aromatic hydroxyl groups is 1. The van der Waals surface area contributed by atoms with Crippen LogP contribution in [0.2, 0.25) is 0 Å². The number of benzene rings is 3. The van der Waals surface area contributed by atoms with Gasteiger partial charge in [0.2, 0.25) is 0 Å². The van der Waals surface area contributed by atoms with Crippen LogP contribution in [0.25, 0.3) is 5.76 Å². The monoisotopic (exact) mass is 501 g/mol. The van der Waals surface area contributed by atoms with Crippen molar-refractivity contribution in [1.82, 2.24) is 4.90 Å². The molecule has 0 aromatic heterocycles. The number of aliphatic hydroxyl groups is 1. The van der Waals surface area contributed by atoms with Crippen LogP contribution in [-0.2, 0) is 16.0 Å². The van der Waals surface area contributed by atoms with Crippen molar-refractivity contribution in [2.45, 2.75) is 32.2 Å². The Morgan fingerprint density at radius 2 is 1.78 bits per heavy atom. The molecule has 1 heterocycles. The van der Waals surface area contributed by atoms with Crippen LogP contribution in [0.5, 0.6) is 17.2 Å². The number of Topliss-reactive ketones (excluding diaryl/α,β-unsaturated/α-hetero) is 1. The van der Waals surface area contributed by atoms with E-state index in [4.69, 9.17) is 9.47 Å². The molecule has 1 fully saturated rings. The van der Waals surface area contributed by atoms with Gasteiger partial charge in [0, 0.05) is 12.1 Å². The Hall–Kier alpha value is -4.26. The minimum Gasteiger partial charge on any atom is -0.507 e. The lowest BCUT2D eigenvalue weighted by atomic mass is 9.94. The number of ether oxygens (including phenoxy) is 2. The van der Waals surface area contributed by atoms with Crippen molar-refractivity contribution in [3.63, 3.8) is 0 Å². The maximum Gasteiger partial charge on any atom is 0.295 e. The number of methoxy groups -OCH3 is 1. The zero-order chi connectivity index (χ0) is 26.4. The van der Waals surface area contributed by atoms with Crippen LogP contribution in [0.1, 0.15) is 42.5 Å². The van der Waals surface area contributed by atoms with Gasteiger partial charge in [-0.1, -0.05) is 61.9 Å². The molecule has 0 aliphatic carbocycles. The Bertz CT molecular complexity index is 1300. The normalized spacial score (nSPS) is 16.7. The molecule has 1 atom stereocenters. The van der Waals surface area contributed by atoms with Gasteiger partial charge < -0.3 is 24.6 Å². The molecule has 37 heavy (non-hydrogen) atoms. The molecular formula is C30H31NO6. The summed E-state index contributed by atoms with van der Waals surface area (Å²) in [5, 5.41) is 21.5. The van der Waals surface area contributed by atoms with Crippen molar-refractivity contribution in [3.05, 3.63) is 95.1 Å². The lowest BCUT2D eigenvalue weighted by Crippen LogP contribution is -2.31. The third-order valence-corrected chi connectivity index (χ3v) is 6.42. The average molecular weight is 502 g/mol. The smallest absolute Gasteiger partial charge is 0.295 e. The van der Waals surface area contributed by atoms with Crippen LogP contribution in [0.4, 0.5) is 0 Å². The van der Waals surface area contributed by atoms with E-state index < -0.39 is 17.7 Å². The highest BCUT2D eigenvalue weighted by Gasteiger charge is 2.46. The number of rotatable bonds is 10. The van der Waals surface area contributed by atoms with E-state index in [1.54, 1.807) is 36.4 Å². The maximum absolute atomic E-state index is 13.3. The fourth-order valence-electron chi connectivity index (χ4n) is 4.44. The first kappa shape index (κ1) is 25.8. The minimum absolute atomic E-state index is 0.0171. The molecule has 0 radical (unpaired) electrons. The Kier molecular flexibility index (Phi) is 8.13. The number of phenolic OH excluding ortho intramolecular Hbond substituents is 1. The Labute approximate surface area is 216 Å². The van der Waals surface area contributed by atoms with Gasteiger partial charge in [-0.05, 0) is 48.2 Å². The predicted octanol–water partition coefficient (Wildman–Crippen LogP) is 5.24. The number of unbranched alkanes of at least 4 members (excludes halogenated alkanes) is 1. The summed E-state index contributed by atoms with van der Waals surface area (Å²) in [5.41, 5.74) is 1.92. The molecule has 1 saturated heterocycles. The van der Waals surface area contributed by atoms with Gasteiger partial charge in [0.05, 0.1) is 25.3 Å². The molecule has 192 valence electrons. The molecule has 0 spiro atoms. The Balaban J connectivity index is 1.77. The molecule has 3 aromatic rings. The molecule has 1 aliphatic heterocycles. The molecule has 1 aliphatic rings. The summed E-state index contributed by atoms with van der Waals surface area (Å²) in [6.07, 6.45) is 2.41. The van der Waals surface area contributed by atoms with Gasteiger partial charge >= 0.3 is 0 Å². The summed E-state index contributed by atoms with van der Waals surface area (Å²) >= 11 is 0. The number of carbonyl (C=O) groups excluding carboxylic acids is 2. The van der Waals surface area contributed by atoms with Crippen molar-refractivity contribution < 1.29 is 29.3 Å². The third-order valence-electron chi connectivity index (χ3n) is 6.42. The molecule has 3 aromatic carbocycles. The molecule has 0 saturated carbocycles. The van der Waals surface area contributed by atoms with Gasteiger partial charge in [-0.25, -0.2) is 0 Å². The van der Waals surface area contributed by atoms with E-state index in [-0.39, 0.29) is 29.4 Å². The van der Waals surface area contributed by atoms with Crippen molar-refractivity contribution in [3.8, 4) is 17.2 Å². The number of ketones is 1. The summed E-state index contributed by atoms with van der Waals surface area (Å²) in [4.78, 5) is 28.0. The number of carbonyl (C=O) groups is 2. The molecule has 7 nitrogen and oxygen atoms in total. The molecular weight excluding hydrogens is 470 g/mol. The summed E-state index contributed by atoms with van der Waals surface area (Å²) in [6, 6.07) is 20.3. The topological polar surface area (TPSA) is 96.3 Å². The molecule has 1 unspecified atom stereocenters. The lowest BCUT2D eigenvalue weighted by molar-refractivity contribution is -0.139. The van der Waals surface area contributed by atoms with Crippen molar-refractivity contribution in [2.75, 3.05) is 20.3 Å². The molecule has 0 bridgehead atoms. The first-order valence-electron chi connectivity index (χ1n) is 12.4. The van der Waals surface area contributed by atoms with Crippen LogP contribution in [0.15, 0.2) is 78.4 Å². The SMILES string of the molecule is CCCCOc1cccc(C(O)=C2C(=O)C(=O)N(CCc3ccccc3)C2c2ccc(O)c(OC)c2)c1. The van der Waals surface area contributed by atoms with E-state index >= 15 is 0 Å². The van der Waals surface area contributed by atoms with Crippen LogP contribution < -0.4 is 9.47 Å². The highest BCUT2D eigenvalue weighted by molar-refractivity contribution is 6.46. The summed E-state index contributed by atoms with van der Waals surface area (Å²) in [6.45, 7) is 2.87. The van der Waals surface area contributed by atoms with Gasteiger partial charge in [0.25, 0.3) is 11.7 Å². The zero-order valence-corrected chi connectivity index (χ0v) is 21.0. The van der Waals surface area contributed by atoms with Crippen LogP contribution in [0, 0.1) is 0 Å². The van der Waals surface area contributed by atoms with E-state index in [0.29, 0.717) is 29.9 Å². The standard InChI is InChI=1S/C30H31NO6/c1-3-4-17-37-23-12-8-11-22(18-23)28(33)26-27(21-13-14-24(32)25(19-21)36-2)31(30(35)29(26)34)16-15-20-9-6-5-7-10-20/h5-14,18-19,27,32-33H,3-4,15-17H2,1-2H3. The van der Waals surface area contributed by atoms with E-state index in [1.807, 2.05) is 30.3 Å². The second-order valence-corrected chi connectivity index (χ2v) is 8.89. The highest BCUT2D eigenvalue weighted by Crippen LogP contribution is 2.42. The zero-order valence-electron chi connectivity index (χ0n) is 21.0. The number of hydrogen-bond acceptors (Lipinski definition) is 6. The Morgan fingerprint density at radius 1 is 1.00 bits per heavy atom. The maximum atomic E-state index is 13.3. The van der Waals surface area contributed by atoms with Crippen LogP contribution >= 0.6 is 0 Å². The molecule has 2 N–H and O–H groups in total. The van der Waals surface area contributed by atoms with Crippen LogP contribution in [0.3, 0.4) is 0 Å². The number of phenols is 1. The number of nitrogens with zero attached hydrogens (tertiary/aromatic N) is 1. The van der Waals surface area contributed by atoms with Crippen molar-refractivity contribution in [1.29, 1.82) is 0 Å². The van der Waals surface area contributed by atoms with E-state index in [0.717, 1.165) is 18.4 Å². The first-order chi connectivity index (χ1) is 17.9. The van der Waals surface area contributed by atoms with Gasteiger partial charge in [-0.3, -0.25) is 9.59 Å². The molecule has 4 rings (SSSR count). The fraction of sp³-hybridized carbons (Fsp3) is 0.267. The second kappa shape index (κ2) is 11.6. The van der Waals surface area contributed by atoms with Crippen molar-refractivity contribution >= 4 is 17.4 Å². The number of amides is 1. The summed E-state index contributed by atoms with van der Waals surface area (Å²) in [5.74, 6) is -1.02. The quantitative estimate of drug-likeness (QED) is 0.171. The van der Waals surface area contributed by atoms with Gasteiger partial charge in [-0.15, -0.1) is 0 Å². The van der Waals surface area contributed by atoms with Crippen molar-refractivity contribution in [2.24, 2.45) is 0 Å². The number of aliphatic hydroxyl groups excluding tert-OH is 1. The molecule has 7 heteroatoms. The minimum atomic E-state index is -0.858. The first-order valence-corrected chi connectivity index (χ1v) is 12.4.